The van der Waals surface area contributed by atoms with Crippen molar-refractivity contribution in [3.05, 3.63) is 65.7 Å². The molecule has 0 bridgehead atoms. The van der Waals surface area contributed by atoms with Gasteiger partial charge in [-0.2, -0.15) is 11.8 Å². The number of rotatable bonds is 9. The molecule has 0 spiro atoms. The molecule has 0 aliphatic heterocycles. The molecule has 9 nitrogen and oxygen atoms in total. The van der Waals surface area contributed by atoms with E-state index in [0.29, 0.717) is 32.8 Å². The molecule has 0 radical (unpaired) electrons. The van der Waals surface area contributed by atoms with Gasteiger partial charge in [0.2, 0.25) is 0 Å². The van der Waals surface area contributed by atoms with Crippen LogP contribution in [0.2, 0.25) is 0 Å². The van der Waals surface area contributed by atoms with Crippen molar-refractivity contribution in [1.82, 2.24) is 10.3 Å². The van der Waals surface area contributed by atoms with Crippen molar-refractivity contribution < 1.29 is 29.0 Å². The number of nitrogens with zero attached hydrogens (tertiary/aromatic N) is 1. The molecule has 0 saturated carbocycles. The Bertz CT molecular complexity index is 1390. The molecule has 0 aliphatic carbocycles. The number of hydrogen-bond acceptors (Lipinski definition) is 10. The number of carboxylic acids is 1. The number of carbonyl (C=O) groups is 3. The Morgan fingerprint density at radius 1 is 1.05 bits per heavy atom. The number of thiocarbonyl (C=S) groups is 1. The van der Waals surface area contributed by atoms with Gasteiger partial charge in [-0.3, -0.25) is 4.79 Å². The normalized spacial score (nSPS) is 11.8. The standard InChI is InChI=1S/C22H21N3O3S4.C3Cl6O3/c1-30-11-9-18(20(27)28)24-19(26)16-8-7-15(13-17(16)14-5-3-2-4-6-14)32-22(29)25-21-23-10-12-31-21;4-2(5,6)11-1(10)12-3(7,8)9/h2-8,10,12-13,18H,9,11H2,1H3,(H,24,26)(H,27,28)(H,23,25,29);/t18-;/m0./s1. The molecular weight excluding hydrogens is 779 g/mol. The first kappa shape index (κ1) is 38.8. The first-order valence-corrected chi connectivity index (χ1v) is 17.5. The molecule has 3 rings (SSSR count). The fraction of sp³-hybridized carbons (Fsp3) is 0.240. The lowest BCUT2D eigenvalue weighted by atomic mass is 9.99. The Kier molecular flexibility index (Phi) is 16.5. The largest absolute Gasteiger partial charge is 0.515 e. The van der Waals surface area contributed by atoms with Crippen LogP contribution in [0, 0.1) is 0 Å². The first-order chi connectivity index (χ1) is 20.6. The number of alkyl halides is 6. The van der Waals surface area contributed by atoms with E-state index in [4.69, 9.17) is 81.8 Å². The van der Waals surface area contributed by atoms with Crippen molar-refractivity contribution in [2.45, 2.75) is 25.3 Å². The Morgan fingerprint density at radius 3 is 2.20 bits per heavy atom. The lowest BCUT2D eigenvalue weighted by Gasteiger charge is -2.17. The summed E-state index contributed by atoms with van der Waals surface area (Å²) in [4.78, 5) is 40.2. The van der Waals surface area contributed by atoms with Gasteiger partial charge in [0, 0.05) is 22.0 Å². The molecule has 3 aromatic rings. The third kappa shape index (κ3) is 15.3. The number of amides is 1. The second kappa shape index (κ2) is 18.7. The van der Waals surface area contributed by atoms with E-state index in [1.807, 2.05) is 48.0 Å². The highest BCUT2D eigenvalue weighted by atomic mass is 35.6. The fourth-order valence-corrected chi connectivity index (χ4v) is 5.66. The van der Waals surface area contributed by atoms with Gasteiger partial charge in [-0.05, 0) is 117 Å². The van der Waals surface area contributed by atoms with Crippen LogP contribution >= 0.6 is 117 Å². The molecule has 1 heterocycles. The van der Waals surface area contributed by atoms with Crippen LogP contribution in [0.15, 0.2) is 65.0 Å². The maximum atomic E-state index is 13.0. The maximum Gasteiger partial charge on any atom is 0.515 e. The number of nitrogens with one attached hydrogen (secondary N) is 2. The van der Waals surface area contributed by atoms with Crippen molar-refractivity contribution in [3.8, 4) is 11.1 Å². The Hall–Kier alpha value is -1.39. The summed E-state index contributed by atoms with van der Waals surface area (Å²) in [6, 6.07) is 14.0. The monoisotopic (exact) mass is 797 g/mol. The van der Waals surface area contributed by atoms with Gasteiger partial charge in [-0.15, -0.1) is 11.3 Å². The number of anilines is 1. The zero-order chi connectivity index (χ0) is 32.9. The highest BCUT2D eigenvalue weighted by Gasteiger charge is 2.32. The average molecular weight is 800 g/mol. The summed E-state index contributed by atoms with van der Waals surface area (Å²) in [5.41, 5.74) is 1.98. The van der Waals surface area contributed by atoms with Crippen molar-refractivity contribution in [2.24, 2.45) is 0 Å². The summed E-state index contributed by atoms with van der Waals surface area (Å²) < 4.78 is 4.05. The van der Waals surface area contributed by atoms with E-state index in [-0.39, 0.29) is 0 Å². The zero-order valence-electron chi connectivity index (χ0n) is 22.1. The molecule has 3 N–H and O–H groups in total. The number of thiazole rings is 1. The summed E-state index contributed by atoms with van der Waals surface area (Å²) in [5.74, 6) is -0.820. The molecule has 2 aromatic carbocycles. The maximum absolute atomic E-state index is 13.0. The second-order valence-electron chi connectivity index (χ2n) is 7.92. The van der Waals surface area contributed by atoms with Gasteiger partial charge in [-0.25, -0.2) is 14.6 Å². The number of aromatic nitrogens is 1. The molecule has 1 atom stereocenters. The van der Waals surface area contributed by atoms with Gasteiger partial charge in [0.15, 0.2) is 5.13 Å². The number of thioether (sulfide) groups is 2. The van der Waals surface area contributed by atoms with Crippen LogP contribution in [0.5, 0.6) is 0 Å². The number of aliphatic carboxylic acids is 1. The first-order valence-electron chi connectivity index (χ1n) is 11.7. The minimum atomic E-state index is -2.24. The van der Waals surface area contributed by atoms with Crippen molar-refractivity contribution in [1.29, 1.82) is 0 Å². The van der Waals surface area contributed by atoms with E-state index in [1.165, 1.54) is 34.9 Å². The smallest absolute Gasteiger partial charge is 0.480 e. The number of benzene rings is 2. The van der Waals surface area contributed by atoms with Gasteiger partial charge in [0.25, 0.3) is 5.91 Å². The third-order valence-electron chi connectivity index (χ3n) is 4.78. The van der Waals surface area contributed by atoms with Crippen LogP contribution in [0.1, 0.15) is 16.8 Å². The molecule has 0 unspecified atom stereocenters. The highest BCUT2D eigenvalue weighted by molar-refractivity contribution is 8.23. The number of halogens is 6. The lowest BCUT2D eigenvalue weighted by molar-refractivity contribution is -0.139. The van der Waals surface area contributed by atoms with Gasteiger partial charge in [0.1, 0.15) is 10.4 Å². The van der Waals surface area contributed by atoms with E-state index in [1.54, 1.807) is 18.3 Å². The van der Waals surface area contributed by atoms with Crippen LogP contribution < -0.4 is 10.6 Å². The molecule has 0 aliphatic rings. The number of ether oxygens (including phenoxy) is 2. The van der Waals surface area contributed by atoms with Crippen LogP contribution in [-0.2, 0) is 14.3 Å². The summed E-state index contributed by atoms with van der Waals surface area (Å²) in [6.45, 7) is 0. The topological polar surface area (TPSA) is 127 Å². The quantitative estimate of drug-likeness (QED) is 0.0831. The fourth-order valence-electron chi connectivity index (χ4n) is 3.09. The van der Waals surface area contributed by atoms with Crippen LogP contribution in [0.25, 0.3) is 11.1 Å². The second-order valence-corrected chi connectivity index (χ2v) is 15.9. The molecule has 19 heteroatoms. The minimum Gasteiger partial charge on any atom is -0.480 e. The molecule has 1 aromatic heterocycles. The number of carbonyl (C=O) groups excluding carboxylic acids is 2. The SMILES string of the molecule is CSCC[C@H](NC(=O)c1ccc(SC(=S)Nc2nccs2)cc1-c1ccccc1)C(=O)O.O=C(OC(Cl)(Cl)Cl)OC(Cl)(Cl)Cl. The minimum absolute atomic E-state index is 0.355. The summed E-state index contributed by atoms with van der Waals surface area (Å²) in [7, 11) is 0. The predicted molar refractivity (Wildman–Crippen MR) is 186 cm³/mol. The molecule has 1 amide bonds. The molecule has 238 valence electrons. The van der Waals surface area contributed by atoms with Gasteiger partial charge < -0.3 is 25.2 Å². The van der Waals surface area contributed by atoms with E-state index in [9.17, 15) is 19.5 Å². The van der Waals surface area contributed by atoms with Gasteiger partial charge >= 0.3 is 20.1 Å². The molecule has 0 fully saturated rings. The number of carboxylic acid groups (broad SMARTS) is 1. The van der Waals surface area contributed by atoms with Crippen molar-refractivity contribution in [3.63, 3.8) is 0 Å². The van der Waals surface area contributed by atoms with Crippen LogP contribution in [-0.4, -0.2) is 58.5 Å². The molecule has 44 heavy (non-hydrogen) atoms. The van der Waals surface area contributed by atoms with Gasteiger partial charge in [-0.1, -0.05) is 54.3 Å². The molecular formula is C25H21Cl6N3O6S4. The Balaban J connectivity index is 0.000000477. The number of hydrogen-bond donors (Lipinski definition) is 3. The Labute approximate surface area is 300 Å². The summed E-state index contributed by atoms with van der Waals surface area (Å²) in [5, 5.41) is 17.8. The van der Waals surface area contributed by atoms with Crippen molar-refractivity contribution in [2.75, 3.05) is 17.3 Å². The van der Waals surface area contributed by atoms with E-state index >= 15 is 0 Å². The zero-order valence-corrected chi connectivity index (χ0v) is 29.9. The lowest BCUT2D eigenvalue weighted by Crippen LogP contribution is -2.41. The van der Waals surface area contributed by atoms with E-state index in [2.05, 4.69) is 25.1 Å². The van der Waals surface area contributed by atoms with E-state index in [0.717, 1.165) is 10.5 Å². The van der Waals surface area contributed by atoms with E-state index < -0.39 is 32.0 Å². The van der Waals surface area contributed by atoms with Crippen molar-refractivity contribution >= 4 is 144 Å². The average Bonchev–Trinajstić information content (AvgIpc) is 3.42. The molecule has 0 saturated heterocycles. The summed E-state index contributed by atoms with van der Waals surface area (Å²) in [6.07, 6.45) is 2.55. The summed E-state index contributed by atoms with van der Waals surface area (Å²) >= 11 is 40.0. The van der Waals surface area contributed by atoms with Crippen LogP contribution in [0.3, 0.4) is 0 Å². The third-order valence-corrected chi connectivity index (χ3v) is 7.71. The Morgan fingerprint density at radius 2 is 1.68 bits per heavy atom. The van der Waals surface area contributed by atoms with Crippen LogP contribution in [0.4, 0.5) is 9.93 Å². The predicted octanol–water partition coefficient (Wildman–Crippen LogP) is 9.03. The van der Waals surface area contributed by atoms with Gasteiger partial charge in [0.05, 0.1) is 0 Å². The highest BCUT2D eigenvalue weighted by Crippen LogP contribution is 2.33.